The van der Waals surface area contributed by atoms with Crippen molar-refractivity contribution in [3.63, 3.8) is 0 Å². The van der Waals surface area contributed by atoms with Crippen LogP contribution < -0.4 is 10.9 Å². The molecular formula is C23H22N4O3S2. The van der Waals surface area contributed by atoms with E-state index in [1.165, 1.54) is 16.6 Å². The largest absolute Gasteiger partial charge is 0.338 e. The third-order valence-electron chi connectivity index (χ3n) is 5.47. The molecule has 0 spiro atoms. The topological polar surface area (TPSA) is 90.0 Å². The lowest BCUT2D eigenvalue weighted by atomic mass is 9.97. The van der Waals surface area contributed by atoms with Crippen molar-refractivity contribution in [1.29, 1.82) is 0 Å². The SMILES string of the molecule is Cc1ccc(-n2c(SCC(=O)Nc3cc(C)no3)nc3sc4c(c3c2=O)CCCC4)cc1. The summed E-state index contributed by atoms with van der Waals surface area (Å²) in [6, 6.07) is 9.45. The fraction of sp³-hybridized carbons (Fsp3) is 0.304. The van der Waals surface area contributed by atoms with Crippen molar-refractivity contribution in [2.24, 2.45) is 0 Å². The van der Waals surface area contributed by atoms with E-state index >= 15 is 0 Å². The summed E-state index contributed by atoms with van der Waals surface area (Å²) in [5.41, 5.74) is 3.64. The monoisotopic (exact) mass is 466 g/mol. The first-order chi connectivity index (χ1) is 15.5. The molecule has 3 heterocycles. The van der Waals surface area contributed by atoms with Crippen molar-refractivity contribution >= 4 is 45.1 Å². The maximum Gasteiger partial charge on any atom is 0.267 e. The number of benzene rings is 1. The second-order valence-electron chi connectivity index (χ2n) is 7.93. The van der Waals surface area contributed by atoms with Crippen LogP contribution in [0.1, 0.15) is 34.5 Å². The first kappa shape index (κ1) is 21.0. The predicted octanol–water partition coefficient (Wildman–Crippen LogP) is 4.66. The first-order valence-electron chi connectivity index (χ1n) is 10.5. The van der Waals surface area contributed by atoms with Gasteiger partial charge in [0.05, 0.1) is 22.5 Å². The summed E-state index contributed by atoms with van der Waals surface area (Å²) < 4.78 is 6.69. The summed E-state index contributed by atoms with van der Waals surface area (Å²) in [4.78, 5) is 33.0. The molecule has 0 atom stereocenters. The Morgan fingerprint density at radius 2 is 2.00 bits per heavy atom. The van der Waals surface area contributed by atoms with Gasteiger partial charge in [-0.05, 0) is 57.2 Å². The zero-order valence-electron chi connectivity index (χ0n) is 17.8. The lowest BCUT2D eigenvalue weighted by Gasteiger charge is -2.13. The molecular weight excluding hydrogens is 444 g/mol. The lowest BCUT2D eigenvalue weighted by molar-refractivity contribution is -0.113. The van der Waals surface area contributed by atoms with Crippen LogP contribution in [0.2, 0.25) is 0 Å². The number of rotatable bonds is 5. The number of aryl methyl sites for hydroxylation is 4. The molecule has 9 heteroatoms. The number of nitrogens with zero attached hydrogens (tertiary/aromatic N) is 3. The summed E-state index contributed by atoms with van der Waals surface area (Å²) in [5.74, 6) is 0.147. The Hall–Kier alpha value is -2.91. The Balaban J connectivity index is 1.54. The Bertz CT molecular complexity index is 1370. The molecule has 1 N–H and O–H groups in total. The van der Waals surface area contributed by atoms with E-state index in [1.54, 1.807) is 28.9 Å². The molecule has 0 radical (unpaired) electrons. The molecule has 4 aromatic rings. The molecule has 32 heavy (non-hydrogen) atoms. The summed E-state index contributed by atoms with van der Waals surface area (Å²) in [6.45, 7) is 3.79. The number of hydrogen-bond donors (Lipinski definition) is 1. The van der Waals surface area contributed by atoms with E-state index in [9.17, 15) is 9.59 Å². The smallest absolute Gasteiger partial charge is 0.267 e. The highest BCUT2D eigenvalue weighted by molar-refractivity contribution is 7.99. The van der Waals surface area contributed by atoms with E-state index in [0.717, 1.165) is 52.7 Å². The van der Waals surface area contributed by atoms with Crippen LogP contribution in [0, 0.1) is 13.8 Å². The van der Waals surface area contributed by atoms with E-state index in [-0.39, 0.29) is 17.2 Å². The van der Waals surface area contributed by atoms with E-state index in [4.69, 9.17) is 9.51 Å². The lowest BCUT2D eigenvalue weighted by Crippen LogP contribution is -2.23. The number of nitrogens with one attached hydrogen (secondary N) is 1. The highest BCUT2D eigenvalue weighted by Gasteiger charge is 2.23. The van der Waals surface area contributed by atoms with Crippen LogP contribution in [-0.4, -0.2) is 26.4 Å². The summed E-state index contributed by atoms with van der Waals surface area (Å²) >= 11 is 2.85. The van der Waals surface area contributed by atoms with Crippen molar-refractivity contribution in [2.75, 3.05) is 11.1 Å². The number of hydrogen-bond acceptors (Lipinski definition) is 7. The fourth-order valence-corrected chi connectivity index (χ4v) is 6.05. The van der Waals surface area contributed by atoms with Crippen molar-refractivity contribution in [3.05, 3.63) is 62.4 Å². The maximum absolute atomic E-state index is 13.7. The van der Waals surface area contributed by atoms with Gasteiger partial charge in [0.1, 0.15) is 4.83 Å². The molecule has 0 bridgehead atoms. The number of thiophene rings is 1. The molecule has 1 aliphatic rings. The number of amides is 1. The number of aromatic nitrogens is 3. The quantitative estimate of drug-likeness (QED) is 0.340. The minimum Gasteiger partial charge on any atom is -0.338 e. The van der Waals surface area contributed by atoms with E-state index in [1.807, 2.05) is 31.2 Å². The molecule has 0 fully saturated rings. The molecule has 0 unspecified atom stereocenters. The van der Waals surface area contributed by atoms with Gasteiger partial charge in [-0.15, -0.1) is 11.3 Å². The van der Waals surface area contributed by atoms with Crippen LogP contribution in [0.25, 0.3) is 15.9 Å². The second kappa shape index (κ2) is 8.55. The van der Waals surface area contributed by atoms with Gasteiger partial charge in [0.2, 0.25) is 11.8 Å². The van der Waals surface area contributed by atoms with Gasteiger partial charge < -0.3 is 4.52 Å². The van der Waals surface area contributed by atoms with Crippen LogP contribution in [-0.2, 0) is 17.6 Å². The molecule has 164 valence electrons. The van der Waals surface area contributed by atoms with Crippen molar-refractivity contribution in [2.45, 2.75) is 44.7 Å². The zero-order valence-corrected chi connectivity index (χ0v) is 19.4. The van der Waals surface area contributed by atoms with Crippen molar-refractivity contribution in [1.82, 2.24) is 14.7 Å². The third kappa shape index (κ3) is 3.98. The summed E-state index contributed by atoms with van der Waals surface area (Å²) in [7, 11) is 0. The van der Waals surface area contributed by atoms with E-state index < -0.39 is 0 Å². The maximum atomic E-state index is 13.7. The highest BCUT2D eigenvalue weighted by atomic mass is 32.2. The van der Waals surface area contributed by atoms with Crippen molar-refractivity contribution < 1.29 is 9.32 Å². The minimum atomic E-state index is -0.249. The van der Waals surface area contributed by atoms with Gasteiger partial charge in [-0.25, -0.2) is 4.98 Å². The minimum absolute atomic E-state index is 0.0629. The Labute approximate surface area is 192 Å². The van der Waals surface area contributed by atoms with E-state index in [2.05, 4.69) is 10.5 Å². The Morgan fingerprint density at radius 1 is 1.22 bits per heavy atom. The average molecular weight is 467 g/mol. The van der Waals surface area contributed by atoms with Gasteiger partial charge in [-0.3, -0.25) is 19.5 Å². The van der Waals surface area contributed by atoms with Gasteiger partial charge in [0.15, 0.2) is 5.16 Å². The number of carbonyl (C=O) groups excluding carboxylic acids is 1. The Kier molecular flexibility index (Phi) is 5.60. The van der Waals surface area contributed by atoms with E-state index in [0.29, 0.717) is 16.7 Å². The van der Waals surface area contributed by atoms with Gasteiger partial charge in [-0.1, -0.05) is 34.6 Å². The van der Waals surface area contributed by atoms with Gasteiger partial charge in [0, 0.05) is 10.9 Å². The van der Waals surface area contributed by atoms with Gasteiger partial charge in [-0.2, -0.15) is 0 Å². The molecule has 1 aromatic carbocycles. The predicted molar refractivity (Wildman–Crippen MR) is 127 cm³/mol. The number of carbonyl (C=O) groups is 1. The average Bonchev–Trinajstić information content (AvgIpc) is 3.36. The molecule has 0 saturated carbocycles. The summed E-state index contributed by atoms with van der Waals surface area (Å²) in [5, 5.41) is 7.70. The van der Waals surface area contributed by atoms with Crippen LogP contribution in [0.4, 0.5) is 5.88 Å². The van der Waals surface area contributed by atoms with Crippen LogP contribution in [0.15, 0.2) is 44.8 Å². The summed E-state index contributed by atoms with van der Waals surface area (Å²) in [6.07, 6.45) is 4.17. The van der Waals surface area contributed by atoms with Gasteiger partial charge in [0.25, 0.3) is 5.56 Å². The fourth-order valence-electron chi connectivity index (χ4n) is 3.93. The van der Waals surface area contributed by atoms with Crippen LogP contribution in [0.5, 0.6) is 0 Å². The molecule has 1 amide bonds. The molecule has 0 aliphatic heterocycles. The number of thioether (sulfide) groups is 1. The van der Waals surface area contributed by atoms with Crippen LogP contribution in [0.3, 0.4) is 0 Å². The molecule has 1 aliphatic carbocycles. The van der Waals surface area contributed by atoms with Gasteiger partial charge >= 0.3 is 0 Å². The second-order valence-corrected chi connectivity index (χ2v) is 9.96. The highest BCUT2D eigenvalue weighted by Crippen LogP contribution is 2.35. The van der Waals surface area contributed by atoms with Crippen molar-refractivity contribution in [3.8, 4) is 5.69 Å². The third-order valence-corrected chi connectivity index (χ3v) is 7.60. The molecule has 5 rings (SSSR count). The zero-order chi connectivity index (χ0) is 22.2. The van der Waals surface area contributed by atoms with Crippen LogP contribution >= 0.6 is 23.1 Å². The first-order valence-corrected chi connectivity index (χ1v) is 12.3. The Morgan fingerprint density at radius 3 is 2.75 bits per heavy atom. The standard InChI is InChI=1S/C23H22N4O3S2/c1-13-7-9-15(10-8-13)27-22(29)20-16-5-3-4-6-17(16)32-21(20)25-23(27)31-12-18(28)24-19-11-14(2)26-30-19/h7-11H,3-6,12H2,1-2H3,(H,24,28). The molecule has 7 nitrogen and oxygen atoms in total. The number of anilines is 1. The molecule has 0 saturated heterocycles. The number of fused-ring (bicyclic) bond motifs is 3. The normalized spacial score (nSPS) is 13.3. The molecule has 3 aromatic heterocycles.